The third-order valence-electron chi connectivity index (χ3n) is 14.0. The number of aromatic nitrogens is 4. The Bertz CT molecular complexity index is 3090. The standard InChI is InChI=1S/2C28H26F3N3O2/c2*1-17-32-25-15-12-22(33(2)21-10-13-23(14-11-21)36-28(30)31)16-24(25)27(35)34(17)26(18-4-3-5-18)19-6-8-20(29)9-7-19/h2*6-16,18,26,28H,3-5H2,1-2H3. The fourth-order valence-corrected chi connectivity index (χ4v) is 9.76. The van der Waals surface area contributed by atoms with Crippen molar-refractivity contribution in [3.63, 3.8) is 0 Å². The molecule has 2 atom stereocenters. The molecule has 2 heterocycles. The van der Waals surface area contributed by atoms with Crippen molar-refractivity contribution < 1.29 is 35.8 Å². The highest BCUT2D eigenvalue weighted by molar-refractivity contribution is 5.84. The minimum Gasteiger partial charge on any atom is -0.435 e. The van der Waals surface area contributed by atoms with Crippen molar-refractivity contribution in [2.24, 2.45) is 11.8 Å². The lowest BCUT2D eigenvalue weighted by molar-refractivity contribution is -0.0505. The molecule has 372 valence electrons. The Hall–Kier alpha value is -7.62. The first-order valence-corrected chi connectivity index (χ1v) is 23.8. The number of hydrogen-bond acceptors (Lipinski definition) is 8. The fourth-order valence-electron chi connectivity index (χ4n) is 9.76. The van der Waals surface area contributed by atoms with E-state index in [9.17, 15) is 35.9 Å². The van der Waals surface area contributed by atoms with Crippen LogP contribution in [-0.4, -0.2) is 46.4 Å². The van der Waals surface area contributed by atoms with Crippen molar-refractivity contribution in [1.29, 1.82) is 0 Å². The van der Waals surface area contributed by atoms with Crippen molar-refractivity contribution in [3.8, 4) is 11.5 Å². The van der Waals surface area contributed by atoms with Crippen LogP contribution in [0.1, 0.15) is 73.4 Å². The largest absolute Gasteiger partial charge is 0.435 e. The summed E-state index contributed by atoms with van der Waals surface area (Å²) in [6, 6.07) is 35.8. The summed E-state index contributed by atoms with van der Waals surface area (Å²) in [6.45, 7) is -2.10. The Kier molecular flexibility index (Phi) is 14.4. The number of ether oxygens (including phenoxy) is 2. The number of rotatable bonds is 14. The Balaban J connectivity index is 0.000000178. The molecule has 0 spiro atoms. The zero-order valence-corrected chi connectivity index (χ0v) is 40.0. The summed E-state index contributed by atoms with van der Waals surface area (Å²) in [7, 11) is 3.67. The number of fused-ring (bicyclic) bond motifs is 2. The zero-order chi connectivity index (χ0) is 50.8. The van der Waals surface area contributed by atoms with Crippen LogP contribution in [0.15, 0.2) is 143 Å². The molecule has 0 saturated heterocycles. The van der Waals surface area contributed by atoms with E-state index in [-0.39, 0.29) is 58.2 Å². The maximum atomic E-state index is 13.9. The topological polar surface area (TPSA) is 94.7 Å². The lowest BCUT2D eigenvalue weighted by atomic mass is 9.77. The van der Waals surface area contributed by atoms with Crippen LogP contribution in [0.2, 0.25) is 0 Å². The van der Waals surface area contributed by atoms with Crippen LogP contribution in [0, 0.1) is 37.3 Å². The molecule has 0 radical (unpaired) electrons. The molecule has 72 heavy (non-hydrogen) atoms. The Labute approximate surface area is 411 Å². The van der Waals surface area contributed by atoms with Gasteiger partial charge in [0.15, 0.2) is 0 Å². The van der Waals surface area contributed by atoms with E-state index >= 15 is 0 Å². The number of anilines is 4. The normalized spacial score (nSPS) is 14.6. The molecule has 2 aliphatic carbocycles. The van der Waals surface area contributed by atoms with Crippen molar-refractivity contribution in [3.05, 3.63) is 189 Å². The second kappa shape index (κ2) is 21.0. The molecule has 6 aromatic carbocycles. The smallest absolute Gasteiger partial charge is 0.387 e. The summed E-state index contributed by atoms with van der Waals surface area (Å²) in [5.74, 6) is 1.32. The van der Waals surface area contributed by atoms with Gasteiger partial charge in [-0.3, -0.25) is 18.7 Å². The van der Waals surface area contributed by atoms with Crippen LogP contribution in [0.4, 0.5) is 49.1 Å². The molecule has 2 aromatic heterocycles. The van der Waals surface area contributed by atoms with Gasteiger partial charge in [-0.25, -0.2) is 18.7 Å². The lowest BCUT2D eigenvalue weighted by Crippen LogP contribution is -2.35. The van der Waals surface area contributed by atoms with Crippen LogP contribution in [-0.2, 0) is 0 Å². The molecule has 0 N–H and O–H groups in total. The number of benzene rings is 6. The number of aryl methyl sites for hydroxylation is 2. The van der Waals surface area contributed by atoms with E-state index in [4.69, 9.17) is 9.97 Å². The van der Waals surface area contributed by atoms with Gasteiger partial charge in [-0.2, -0.15) is 17.6 Å². The van der Waals surface area contributed by atoms with E-state index in [0.29, 0.717) is 33.5 Å². The van der Waals surface area contributed by atoms with Gasteiger partial charge in [0.05, 0.1) is 33.9 Å². The van der Waals surface area contributed by atoms with Gasteiger partial charge in [0.1, 0.15) is 34.8 Å². The number of hydrogen-bond donors (Lipinski definition) is 0. The highest BCUT2D eigenvalue weighted by Crippen LogP contribution is 2.42. The van der Waals surface area contributed by atoms with Crippen molar-refractivity contribution in [2.75, 3.05) is 23.9 Å². The summed E-state index contributed by atoms with van der Waals surface area (Å²) < 4.78 is 89.5. The second-order valence-electron chi connectivity index (χ2n) is 18.3. The molecule has 16 heteroatoms. The molecule has 2 saturated carbocycles. The summed E-state index contributed by atoms with van der Waals surface area (Å²) in [5.41, 5.74) is 5.69. The number of nitrogens with zero attached hydrogens (tertiary/aromatic N) is 6. The maximum Gasteiger partial charge on any atom is 0.387 e. The molecule has 2 aliphatic rings. The highest BCUT2D eigenvalue weighted by atomic mass is 19.3. The molecule has 0 amide bonds. The molecule has 2 unspecified atom stereocenters. The minimum atomic E-state index is -2.88. The molecular weight excluding hydrogens is 935 g/mol. The molecule has 8 aromatic rings. The number of halogens is 6. The summed E-state index contributed by atoms with van der Waals surface area (Å²) in [5, 5.41) is 0.961. The third-order valence-corrected chi connectivity index (χ3v) is 14.0. The Morgan fingerprint density at radius 1 is 0.500 bits per heavy atom. The summed E-state index contributed by atoms with van der Waals surface area (Å²) >= 11 is 0. The van der Waals surface area contributed by atoms with E-state index in [2.05, 4.69) is 9.47 Å². The first-order valence-electron chi connectivity index (χ1n) is 23.8. The average molecular weight is 987 g/mol. The van der Waals surface area contributed by atoms with E-state index in [1.807, 2.05) is 62.0 Å². The van der Waals surface area contributed by atoms with Crippen LogP contribution in [0.5, 0.6) is 11.5 Å². The first kappa shape index (κ1) is 49.4. The molecule has 2 fully saturated rings. The van der Waals surface area contributed by atoms with Gasteiger partial charge in [0.25, 0.3) is 11.1 Å². The lowest BCUT2D eigenvalue weighted by Gasteiger charge is -2.36. The SMILES string of the molecule is Cc1nc2ccc(N(C)c3ccc(OC(F)F)cc3)cc2c(=O)n1C(c1ccc(F)cc1)C1CCC1.Cc1nc2ccc(N(C)c3ccc(OC(F)F)cc3)cc2c(=O)n1C(c1ccc(F)cc1)C1CCC1. The fraction of sp³-hybridized carbons (Fsp3) is 0.286. The molecule has 10 rings (SSSR count). The summed E-state index contributed by atoms with van der Waals surface area (Å²) in [4.78, 5) is 40.9. The van der Waals surface area contributed by atoms with E-state index in [0.717, 1.165) is 72.4 Å². The maximum absolute atomic E-state index is 13.9. The monoisotopic (exact) mass is 986 g/mol. The Morgan fingerprint density at radius 3 is 1.14 bits per heavy atom. The van der Waals surface area contributed by atoms with Crippen molar-refractivity contribution in [2.45, 2.75) is 77.7 Å². The molecule has 10 nitrogen and oxygen atoms in total. The molecule has 0 aliphatic heterocycles. The highest BCUT2D eigenvalue weighted by Gasteiger charge is 2.34. The minimum absolute atomic E-state index is 0.0750. The number of alkyl halides is 4. The van der Waals surface area contributed by atoms with Gasteiger partial charge in [0.2, 0.25) is 0 Å². The van der Waals surface area contributed by atoms with Crippen LogP contribution in [0.3, 0.4) is 0 Å². The van der Waals surface area contributed by atoms with E-state index in [1.54, 1.807) is 69.8 Å². The van der Waals surface area contributed by atoms with Crippen LogP contribution < -0.4 is 30.4 Å². The van der Waals surface area contributed by atoms with Crippen molar-refractivity contribution >= 4 is 44.6 Å². The van der Waals surface area contributed by atoms with Gasteiger partial charge >= 0.3 is 13.2 Å². The second-order valence-corrected chi connectivity index (χ2v) is 18.3. The summed E-state index contributed by atoms with van der Waals surface area (Å²) in [6.07, 6.45) is 6.21. The molecule has 0 bridgehead atoms. The van der Waals surface area contributed by atoms with Gasteiger partial charge < -0.3 is 19.3 Å². The van der Waals surface area contributed by atoms with Crippen LogP contribution >= 0.6 is 0 Å². The average Bonchev–Trinajstić information content (AvgIpc) is 3.32. The third kappa shape index (κ3) is 10.4. The predicted octanol–water partition coefficient (Wildman–Crippen LogP) is 13.2. The van der Waals surface area contributed by atoms with Gasteiger partial charge in [-0.15, -0.1) is 0 Å². The first-order chi connectivity index (χ1) is 34.6. The van der Waals surface area contributed by atoms with Crippen molar-refractivity contribution in [1.82, 2.24) is 19.1 Å². The Morgan fingerprint density at radius 2 is 0.833 bits per heavy atom. The van der Waals surface area contributed by atoms with Gasteiger partial charge in [-0.05, 0) is 172 Å². The predicted molar refractivity (Wildman–Crippen MR) is 268 cm³/mol. The van der Waals surface area contributed by atoms with E-state index < -0.39 is 13.2 Å². The van der Waals surface area contributed by atoms with E-state index in [1.165, 1.54) is 48.5 Å². The van der Waals surface area contributed by atoms with Gasteiger partial charge in [0, 0.05) is 36.8 Å². The quantitative estimate of drug-likeness (QED) is 0.0995. The van der Waals surface area contributed by atoms with Gasteiger partial charge in [-0.1, -0.05) is 37.1 Å². The zero-order valence-electron chi connectivity index (χ0n) is 40.0. The van der Waals surface area contributed by atoms with Crippen LogP contribution in [0.25, 0.3) is 21.8 Å². The molecular formula is C56H52F6N6O4.